The van der Waals surface area contributed by atoms with Crippen molar-refractivity contribution in [2.45, 2.75) is 19.4 Å². The number of hydrogen-bond donors (Lipinski definition) is 1. The molecule has 1 aliphatic rings. The minimum absolute atomic E-state index is 0.0568. The van der Waals surface area contributed by atoms with Crippen molar-refractivity contribution in [2.24, 2.45) is 0 Å². The molecule has 1 amide bonds. The van der Waals surface area contributed by atoms with Crippen LogP contribution in [0.15, 0.2) is 66.8 Å². The van der Waals surface area contributed by atoms with E-state index < -0.39 is 17.7 Å². The lowest BCUT2D eigenvalue weighted by molar-refractivity contribution is -0.140. The monoisotopic (exact) mass is 451 g/mol. The van der Waals surface area contributed by atoms with Crippen molar-refractivity contribution in [2.75, 3.05) is 33.5 Å². The van der Waals surface area contributed by atoms with Crippen molar-refractivity contribution in [3.8, 4) is 11.5 Å². The Hall–Kier alpha value is -3.58. The molecule has 0 bridgehead atoms. The van der Waals surface area contributed by atoms with Crippen LogP contribution in [0, 0.1) is 0 Å². The number of aliphatic hydroxyl groups is 1. The Balaban J connectivity index is 2.02. The number of ketones is 1. The second-order valence-electron chi connectivity index (χ2n) is 7.46. The summed E-state index contributed by atoms with van der Waals surface area (Å²) in [6, 6.07) is 13.2. The van der Waals surface area contributed by atoms with Gasteiger partial charge in [-0.25, -0.2) is 0 Å². The van der Waals surface area contributed by atoms with Crippen LogP contribution in [-0.4, -0.2) is 55.2 Å². The zero-order chi connectivity index (χ0) is 23.8. The predicted octanol–water partition coefficient (Wildman–Crippen LogP) is 4.11. The average molecular weight is 452 g/mol. The summed E-state index contributed by atoms with van der Waals surface area (Å²) < 4.78 is 16.1. The first-order chi connectivity index (χ1) is 16.0. The summed E-state index contributed by atoms with van der Waals surface area (Å²) >= 11 is 0. The molecule has 0 aromatic heterocycles. The van der Waals surface area contributed by atoms with Gasteiger partial charge < -0.3 is 24.2 Å². The first-order valence-electron chi connectivity index (χ1n) is 10.9. The van der Waals surface area contributed by atoms with Crippen molar-refractivity contribution in [3.05, 3.63) is 77.9 Å². The minimum Gasteiger partial charge on any atom is -0.507 e. The number of hydrogen-bond acceptors (Lipinski definition) is 6. The fourth-order valence-corrected chi connectivity index (χ4v) is 3.77. The van der Waals surface area contributed by atoms with Gasteiger partial charge in [-0.05, 0) is 55.3 Å². The second-order valence-corrected chi connectivity index (χ2v) is 7.46. The standard InChI is InChI=1S/C26H29NO6/c1-4-16-33-21-13-9-19(10-14-21)24(28)22-23(18-7-11-20(12-8-18)32-5-2)27(15-6-17-31-3)26(30)25(22)29/h4,7-14,23,28H,1,5-6,15-17H2,2-3H3/b24-22-. The van der Waals surface area contributed by atoms with Crippen LogP contribution in [-0.2, 0) is 14.3 Å². The fraction of sp³-hybridized carbons (Fsp3) is 0.308. The Morgan fingerprint density at radius 2 is 1.70 bits per heavy atom. The predicted molar refractivity (Wildman–Crippen MR) is 125 cm³/mol. The zero-order valence-electron chi connectivity index (χ0n) is 19.0. The highest BCUT2D eigenvalue weighted by molar-refractivity contribution is 6.46. The van der Waals surface area contributed by atoms with E-state index in [9.17, 15) is 14.7 Å². The maximum atomic E-state index is 13.0. The summed E-state index contributed by atoms with van der Waals surface area (Å²) in [5.41, 5.74) is 1.19. The summed E-state index contributed by atoms with van der Waals surface area (Å²) in [4.78, 5) is 27.4. The van der Waals surface area contributed by atoms with Gasteiger partial charge in [-0.1, -0.05) is 24.8 Å². The number of carbonyl (C=O) groups excluding carboxylic acids is 2. The van der Waals surface area contributed by atoms with Gasteiger partial charge in [0, 0.05) is 25.8 Å². The van der Waals surface area contributed by atoms with E-state index >= 15 is 0 Å². The van der Waals surface area contributed by atoms with Gasteiger partial charge in [0.05, 0.1) is 18.2 Å². The molecular weight excluding hydrogens is 422 g/mol. The number of nitrogens with zero attached hydrogens (tertiary/aromatic N) is 1. The molecule has 1 fully saturated rings. The van der Waals surface area contributed by atoms with Gasteiger partial charge in [0.25, 0.3) is 11.7 Å². The quantitative estimate of drug-likeness (QED) is 0.182. The summed E-state index contributed by atoms with van der Waals surface area (Å²) in [5.74, 6) is -0.285. The Morgan fingerprint density at radius 3 is 2.30 bits per heavy atom. The molecule has 33 heavy (non-hydrogen) atoms. The van der Waals surface area contributed by atoms with Crippen LogP contribution in [0.4, 0.5) is 0 Å². The third kappa shape index (κ3) is 5.43. The van der Waals surface area contributed by atoms with E-state index in [4.69, 9.17) is 14.2 Å². The highest BCUT2D eigenvalue weighted by Gasteiger charge is 2.45. The number of benzene rings is 2. The number of ether oxygens (including phenoxy) is 3. The topological polar surface area (TPSA) is 85.3 Å². The highest BCUT2D eigenvalue weighted by atomic mass is 16.5. The van der Waals surface area contributed by atoms with Gasteiger partial charge in [0.1, 0.15) is 23.9 Å². The molecule has 7 heteroatoms. The highest BCUT2D eigenvalue weighted by Crippen LogP contribution is 2.40. The molecule has 2 aromatic rings. The number of Topliss-reactive ketones (excluding diaryl/α,β-unsaturated/α-hetero) is 1. The zero-order valence-corrected chi connectivity index (χ0v) is 19.0. The van der Waals surface area contributed by atoms with E-state index in [2.05, 4.69) is 6.58 Å². The van der Waals surface area contributed by atoms with Gasteiger partial charge in [-0.2, -0.15) is 0 Å². The Labute approximate surface area is 193 Å². The normalized spacial score (nSPS) is 17.3. The lowest BCUT2D eigenvalue weighted by Gasteiger charge is -2.25. The van der Waals surface area contributed by atoms with Crippen molar-refractivity contribution < 1.29 is 28.9 Å². The van der Waals surface area contributed by atoms with E-state index in [-0.39, 0.29) is 11.3 Å². The molecule has 1 unspecified atom stereocenters. The number of carbonyl (C=O) groups is 2. The second kappa shape index (κ2) is 11.3. The van der Waals surface area contributed by atoms with E-state index in [1.165, 1.54) is 4.90 Å². The van der Waals surface area contributed by atoms with Crippen LogP contribution >= 0.6 is 0 Å². The summed E-state index contributed by atoms with van der Waals surface area (Å²) in [6.07, 6.45) is 2.20. The van der Waals surface area contributed by atoms with Gasteiger partial charge in [0.15, 0.2) is 0 Å². The Bertz CT molecular complexity index is 1010. The largest absolute Gasteiger partial charge is 0.507 e. The van der Waals surface area contributed by atoms with E-state index in [0.29, 0.717) is 55.4 Å². The Morgan fingerprint density at radius 1 is 1.06 bits per heavy atom. The number of aliphatic hydroxyl groups excluding tert-OH is 1. The van der Waals surface area contributed by atoms with E-state index in [1.807, 2.05) is 19.1 Å². The molecule has 0 aliphatic carbocycles. The number of likely N-dealkylation sites (tertiary alicyclic amines) is 1. The molecule has 1 aliphatic heterocycles. The third-order valence-corrected chi connectivity index (χ3v) is 5.29. The molecule has 0 saturated carbocycles. The van der Waals surface area contributed by atoms with Crippen LogP contribution in [0.2, 0.25) is 0 Å². The maximum Gasteiger partial charge on any atom is 0.295 e. The lowest BCUT2D eigenvalue weighted by Crippen LogP contribution is -2.31. The van der Waals surface area contributed by atoms with Crippen molar-refractivity contribution in [1.29, 1.82) is 0 Å². The molecule has 3 rings (SSSR count). The summed E-state index contributed by atoms with van der Waals surface area (Å²) in [5, 5.41) is 11.1. The third-order valence-electron chi connectivity index (χ3n) is 5.29. The molecule has 1 heterocycles. The molecule has 1 atom stereocenters. The molecule has 2 aromatic carbocycles. The SMILES string of the molecule is C=CCOc1ccc(/C(O)=C2/C(=O)C(=O)N(CCCOC)C2c2ccc(OCC)cc2)cc1. The van der Waals surface area contributed by atoms with Gasteiger partial charge >= 0.3 is 0 Å². The molecule has 0 spiro atoms. The van der Waals surface area contributed by atoms with Crippen LogP contribution < -0.4 is 9.47 Å². The van der Waals surface area contributed by atoms with Gasteiger partial charge in [-0.3, -0.25) is 9.59 Å². The fourth-order valence-electron chi connectivity index (χ4n) is 3.77. The molecule has 1 saturated heterocycles. The van der Waals surface area contributed by atoms with Crippen LogP contribution in [0.25, 0.3) is 5.76 Å². The van der Waals surface area contributed by atoms with E-state index in [0.717, 1.165) is 0 Å². The number of methoxy groups -OCH3 is 1. The number of rotatable bonds is 11. The molecule has 174 valence electrons. The average Bonchev–Trinajstić information content (AvgIpc) is 3.08. The van der Waals surface area contributed by atoms with Crippen LogP contribution in [0.5, 0.6) is 11.5 Å². The molecule has 1 N–H and O–H groups in total. The van der Waals surface area contributed by atoms with Crippen LogP contribution in [0.3, 0.4) is 0 Å². The van der Waals surface area contributed by atoms with Crippen molar-refractivity contribution in [3.63, 3.8) is 0 Å². The first-order valence-corrected chi connectivity index (χ1v) is 10.9. The molecule has 0 radical (unpaired) electrons. The van der Waals surface area contributed by atoms with Gasteiger partial charge in [-0.15, -0.1) is 0 Å². The molecular formula is C26H29NO6. The maximum absolute atomic E-state index is 13.0. The van der Waals surface area contributed by atoms with Crippen molar-refractivity contribution in [1.82, 2.24) is 4.90 Å². The number of amides is 1. The first kappa shape index (κ1) is 24.1. The van der Waals surface area contributed by atoms with Crippen molar-refractivity contribution >= 4 is 17.4 Å². The summed E-state index contributed by atoms with van der Waals surface area (Å²) in [7, 11) is 1.58. The Kier molecular flexibility index (Phi) is 8.27. The minimum atomic E-state index is -0.714. The van der Waals surface area contributed by atoms with Gasteiger partial charge in [0.2, 0.25) is 0 Å². The van der Waals surface area contributed by atoms with E-state index in [1.54, 1.807) is 49.6 Å². The lowest BCUT2D eigenvalue weighted by atomic mass is 9.95. The smallest absolute Gasteiger partial charge is 0.295 e. The van der Waals surface area contributed by atoms with Crippen LogP contribution in [0.1, 0.15) is 30.5 Å². The summed E-state index contributed by atoms with van der Waals surface area (Å²) in [6.45, 7) is 7.17. The molecule has 7 nitrogen and oxygen atoms in total.